The van der Waals surface area contributed by atoms with Gasteiger partial charge in [0.1, 0.15) is 0 Å². The van der Waals surface area contributed by atoms with Gasteiger partial charge in [-0.05, 0) is 40.7 Å². The van der Waals surface area contributed by atoms with Crippen molar-refractivity contribution in [2.75, 3.05) is 13.2 Å². The molecule has 0 unspecified atom stereocenters. The van der Waals surface area contributed by atoms with E-state index in [-0.39, 0.29) is 25.7 Å². The van der Waals surface area contributed by atoms with Crippen LogP contribution in [0.4, 0.5) is 0 Å². The SMILES string of the molecule is CCOC(=O)C(C)(Cc1ccn(C(C)C)n1)C(=O)OCC. The zero-order valence-corrected chi connectivity index (χ0v) is 13.4. The fraction of sp³-hybridized carbons (Fsp3) is 0.667. The van der Waals surface area contributed by atoms with E-state index >= 15 is 0 Å². The van der Waals surface area contributed by atoms with E-state index in [2.05, 4.69) is 5.10 Å². The molecule has 0 aromatic carbocycles. The van der Waals surface area contributed by atoms with E-state index in [9.17, 15) is 9.59 Å². The summed E-state index contributed by atoms with van der Waals surface area (Å²) in [6, 6.07) is 2.02. The molecule has 0 aliphatic heterocycles. The van der Waals surface area contributed by atoms with E-state index in [1.807, 2.05) is 20.0 Å². The van der Waals surface area contributed by atoms with Crippen LogP contribution in [-0.4, -0.2) is 34.9 Å². The first-order valence-electron chi connectivity index (χ1n) is 7.23. The maximum atomic E-state index is 12.2. The van der Waals surface area contributed by atoms with Crippen molar-refractivity contribution in [3.63, 3.8) is 0 Å². The predicted molar refractivity (Wildman–Crippen MR) is 77.7 cm³/mol. The number of hydrogen-bond donors (Lipinski definition) is 0. The summed E-state index contributed by atoms with van der Waals surface area (Å²) in [4.78, 5) is 24.3. The van der Waals surface area contributed by atoms with Gasteiger partial charge >= 0.3 is 11.9 Å². The average Bonchev–Trinajstić information content (AvgIpc) is 2.87. The van der Waals surface area contributed by atoms with E-state index in [0.29, 0.717) is 5.69 Å². The minimum atomic E-state index is -1.37. The van der Waals surface area contributed by atoms with Gasteiger partial charge in [-0.2, -0.15) is 5.10 Å². The van der Waals surface area contributed by atoms with Crippen LogP contribution in [0.2, 0.25) is 0 Å². The van der Waals surface area contributed by atoms with E-state index in [0.717, 1.165) is 0 Å². The van der Waals surface area contributed by atoms with E-state index in [1.54, 1.807) is 24.6 Å². The summed E-state index contributed by atoms with van der Waals surface area (Å²) >= 11 is 0. The Morgan fingerprint density at radius 1 is 1.24 bits per heavy atom. The summed E-state index contributed by atoms with van der Waals surface area (Å²) in [6.45, 7) is 9.40. The fourth-order valence-electron chi connectivity index (χ4n) is 1.93. The Kier molecular flexibility index (Phi) is 5.93. The third kappa shape index (κ3) is 4.06. The summed E-state index contributed by atoms with van der Waals surface area (Å²) in [5.74, 6) is -1.16. The van der Waals surface area contributed by atoms with Crippen LogP contribution in [0.1, 0.15) is 46.4 Å². The van der Waals surface area contributed by atoms with Crippen LogP contribution in [0.15, 0.2) is 12.3 Å². The summed E-state index contributed by atoms with van der Waals surface area (Å²) in [7, 11) is 0. The average molecular weight is 296 g/mol. The largest absolute Gasteiger partial charge is 0.465 e. The van der Waals surface area contributed by atoms with Crippen LogP contribution in [0, 0.1) is 5.41 Å². The number of carbonyl (C=O) groups excluding carboxylic acids is 2. The molecule has 0 N–H and O–H groups in total. The Morgan fingerprint density at radius 3 is 2.14 bits per heavy atom. The Labute approximate surface area is 125 Å². The molecule has 0 spiro atoms. The molecule has 0 aliphatic rings. The Bertz CT molecular complexity index is 476. The smallest absolute Gasteiger partial charge is 0.323 e. The molecule has 1 rings (SSSR count). The molecule has 6 heteroatoms. The third-order valence-corrected chi connectivity index (χ3v) is 3.18. The minimum absolute atomic E-state index is 0.157. The summed E-state index contributed by atoms with van der Waals surface area (Å²) in [5.41, 5.74) is -0.713. The molecule has 0 fully saturated rings. The zero-order valence-electron chi connectivity index (χ0n) is 13.4. The van der Waals surface area contributed by atoms with Crippen molar-refractivity contribution in [2.24, 2.45) is 5.41 Å². The summed E-state index contributed by atoms with van der Waals surface area (Å²) in [6.07, 6.45) is 1.99. The van der Waals surface area contributed by atoms with Crippen molar-refractivity contribution >= 4 is 11.9 Å². The van der Waals surface area contributed by atoms with Gasteiger partial charge < -0.3 is 9.47 Å². The van der Waals surface area contributed by atoms with Gasteiger partial charge in [-0.1, -0.05) is 0 Å². The lowest BCUT2D eigenvalue weighted by atomic mass is 9.85. The second kappa shape index (κ2) is 7.24. The van der Waals surface area contributed by atoms with E-state index in [1.165, 1.54) is 6.92 Å². The number of esters is 2. The van der Waals surface area contributed by atoms with Gasteiger partial charge in [0.2, 0.25) is 0 Å². The molecule has 1 aromatic heterocycles. The van der Waals surface area contributed by atoms with Crippen LogP contribution < -0.4 is 0 Å². The van der Waals surface area contributed by atoms with Gasteiger partial charge in [0.05, 0.1) is 18.9 Å². The normalized spacial score (nSPS) is 11.5. The van der Waals surface area contributed by atoms with Gasteiger partial charge in [-0.25, -0.2) is 0 Å². The Morgan fingerprint density at radius 2 is 1.76 bits per heavy atom. The molecule has 0 radical (unpaired) electrons. The van der Waals surface area contributed by atoms with E-state index in [4.69, 9.17) is 9.47 Å². The standard InChI is InChI=1S/C15H24N2O4/c1-6-20-13(18)15(5,14(19)21-7-2)10-12-8-9-17(16-12)11(3)4/h8-9,11H,6-7,10H2,1-5H3. The van der Waals surface area contributed by atoms with Crippen LogP contribution in [0.25, 0.3) is 0 Å². The highest BCUT2D eigenvalue weighted by molar-refractivity contribution is 5.99. The monoisotopic (exact) mass is 296 g/mol. The Hall–Kier alpha value is -1.85. The minimum Gasteiger partial charge on any atom is -0.465 e. The maximum absolute atomic E-state index is 12.2. The van der Waals surface area contributed by atoms with Crippen molar-refractivity contribution < 1.29 is 19.1 Å². The van der Waals surface area contributed by atoms with Gasteiger partial charge in [0, 0.05) is 18.7 Å². The second-order valence-electron chi connectivity index (χ2n) is 5.33. The van der Waals surface area contributed by atoms with Crippen LogP contribution in [-0.2, 0) is 25.5 Å². The van der Waals surface area contributed by atoms with E-state index < -0.39 is 17.4 Å². The topological polar surface area (TPSA) is 70.4 Å². The molecule has 6 nitrogen and oxygen atoms in total. The molecule has 118 valence electrons. The van der Waals surface area contributed by atoms with Crippen LogP contribution in [0.3, 0.4) is 0 Å². The molecule has 0 saturated carbocycles. The third-order valence-electron chi connectivity index (χ3n) is 3.18. The fourth-order valence-corrected chi connectivity index (χ4v) is 1.93. The number of ether oxygens (including phenoxy) is 2. The highest BCUT2D eigenvalue weighted by Gasteiger charge is 2.45. The predicted octanol–water partition coefficient (Wildman–Crippen LogP) is 2.14. The Balaban J connectivity index is 3.00. The molecular weight excluding hydrogens is 272 g/mol. The molecule has 1 aromatic rings. The van der Waals surface area contributed by atoms with Gasteiger partial charge in [0.15, 0.2) is 5.41 Å². The molecular formula is C15H24N2O4. The molecule has 0 saturated heterocycles. The highest BCUT2D eigenvalue weighted by Crippen LogP contribution is 2.26. The second-order valence-corrected chi connectivity index (χ2v) is 5.33. The number of aromatic nitrogens is 2. The van der Waals surface area contributed by atoms with Crippen molar-refractivity contribution in [3.8, 4) is 0 Å². The summed E-state index contributed by atoms with van der Waals surface area (Å²) in [5, 5.41) is 4.38. The molecule has 0 amide bonds. The first-order chi connectivity index (χ1) is 9.85. The molecule has 0 bridgehead atoms. The van der Waals surface area contributed by atoms with Gasteiger partial charge in [-0.3, -0.25) is 14.3 Å². The zero-order chi connectivity index (χ0) is 16.0. The molecule has 1 heterocycles. The van der Waals surface area contributed by atoms with Crippen molar-refractivity contribution in [1.29, 1.82) is 0 Å². The number of hydrogen-bond acceptors (Lipinski definition) is 5. The van der Waals surface area contributed by atoms with Crippen molar-refractivity contribution in [3.05, 3.63) is 18.0 Å². The van der Waals surface area contributed by atoms with Gasteiger partial charge in [0.25, 0.3) is 0 Å². The van der Waals surface area contributed by atoms with Crippen molar-refractivity contribution in [2.45, 2.75) is 47.1 Å². The number of nitrogens with zero attached hydrogens (tertiary/aromatic N) is 2. The van der Waals surface area contributed by atoms with Gasteiger partial charge in [-0.15, -0.1) is 0 Å². The highest BCUT2D eigenvalue weighted by atomic mass is 16.6. The summed E-state index contributed by atoms with van der Waals surface area (Å²) < 4.78 is 11.8. The lowest BCUT2D eigenvalue weighted by Gasteiger charge is -2.24. The number of rotatable bonds is 7. The number of carbonyl (C=O) groups is 2. The molecule has 0 aliphatic carbocycles. The first kappa shape index (κ1) is 17.2. The molecule has 21 heavy (non-hydrogen) atoms. The lowest BCUT2D eigenvalue weighted by molar-refractivity contribution is -0.170. The maximum Gasteiger partial charge on any atom is 0.323 e. The first-order valence-corrected chi connectivity index (χ1v) is 7.23. The van der Waals surface area contributed by atoms with Crippen LogP contribution in [0.5, 0.6) is 0 Å². The molecule has 0 atom stereocenters. The quantitative estimate of drug-likeness (QED) is 0.569. The lowest BCUT2D eigenvalue weighted by Crippen LogP contribution is -2.41. The van der Waals surface area contributed by atoms with Crippen LogP contribution >= 0.6 is 0 Å². The van der Waals surface area contributed by atoms with Crippen molar-refractivity contribution in [1.82, 2.24) is 9.78 Å².